The van der Waals surface area contributed by atoms with Crippen LogP contribution < -0.4 is 4.90 Å². The quantitative estimate of drug-likeness (QED) is 0.799. The largest absolute Gasteiger partial charge is 0.388 e. The minimum atomic E-state index is -0.548. The predicted octanol–water partition coefficient (Wildman–Crippen LogP) is 0.202. The van der Waals surface area contributed by atoms with Gasteiger partial charge in [0.15, 0.2) is 5.82 Å². The van der Waals surface area contributed by atoms with Crippen LogP contribution in [0.15, 0.2) is 12.4 Å². The van der Waals surface area contributed by atoms with Crippen LogP contribution in [0.25, 0.3) is 0 Å². The Morgan fingerprint density at radius 1 is 1.50 bits per heavy atom. The van der Waals surface area contributed by atoms with Crippen LogP contribution in [0, 0.1) is 5.82 Å². The Kier molecular flexibility index (Phi) is 3.31. The van der Waals surface area contributed by atoms with E-state index >= 15 is 0 Å². The normalized spacial score (nSPS) is 25.1. The maximum atomic E-state index is 12.6. The van der Waals surface area contributed by atoms with E-state index in [1.165, 1.54) is 0 Å². The minimum absolute atomic E-state index is 0.223. The van der Waals surface area contributed by atoms with Crippen molar-refractivity contribution in [2.75, 3.05) is 24.6 Å². The van der Waals surface area contributed by atoms with E-state index in [0.717, 1.165) is 12.4 Å². The number of rotatable bonds is 3. The van der Waals surface area contributed by atoms with E-state index in [-0.39, 0.29) is 6.10 Å². The van der Waals surface area contributed by atoms with Crippen LogP contribution in [-0.2, 0) is 4.74 Å². The minimum Gasteiger partial charge on any atom is -0.388 e. The van der Waals surface area contributed by atoms with Crippen molar-refractivity contribution in [2.45, 2.75) is 19.1 Å². The third-order valence-electron chi connectivity index (χ3n) is 2.51. The van der Waals surface area contributed by atoms with Gasteiger partial charge in [0.25, 0.3) is 0 Å². The highest BCUT2D eigenvalue weighted by molar-refractivity contribution is 5.32. The SMILES string of the molecule is CCO[C@@H]1CN(c2ncc(F)cn2)C[C@H]1O. The molecule has 0 saturated carbocycles. The molecule has 0 bridgehead atoms. The second-order valence-electron chi connectivity index (χ2n) is 3.67. The first kappa shape index (κ1) is 11.2. The second-order valence-corrected chi connectivity index (χ2v) is 3.67. The Hall–Kier alpha value is -1.27. The van der Waals surface area contributed by atoms with Crippen molar-refractivity contribution >= 4 is 5.95 Å². The summed E-state index contributed by atoms with van der Waals surface area (Å²) in [7, 11) is 0. The van der Waals surface area contributed by atoms with Crippen molar-refractivity contribution in [1.82, 2.24) is 9.97 Å². The van der Waals surface area contributed by atoms with Gasteiger partial charge in [-0.15, -0.1) is 0 Å². The molecule has 88 valence electrons. The highest BCUT2D eigenvalue weighted by Gasteiger charge is 2.33. The summed E-state index contributed by atoms with van der Waals surface area (Å²) < 4.78 is 18.0. The second kappa shape index (κ2) is 4.71. The summed E-state index contributed by atoms with van der Waals surface area (Å²) in [6, 6.07) is 0. The summed E-state index contributed by atoms with van der Waals surface area (Å²) >= 11 is 0. The lowest BCUT2D eigenvalue weighted by Crippen LogP contribution is -2.26. The Labute approximate surface area is 92.9 Å². The summed E-state index contributed by atoms with van der Waals surface area (Å²) in [6.07, 6.45) is 1.46. The average Bonchev–Trinajstić information content (AvgIpc) is 2.62. The molecule has 1 saturated heterocycles. The Balaban J connectivity index is 2.04. The van der Waals surface area contributed by atoms with Crippen LogP contribution in [0.4, 0.5) is 10.3 Å². The van der Waals surface area contributed by atoms with E-state index < -0.39 is 11.9 Å². The lowest BCUT2D eigenvalue weighted by molar-refractivity contribution is -0.00189. The van der Waals surface area contributed by atoms with Crippen LogP contribution in [-0.4, -0.2) is 47.0 Å². The first-order chi connectivity index (χ1) is 7.70. The summed E-state index contributed by atoms with van der Waals surface area (Å²) in [5, 5.41) is 9.71. The highest BCUT2D eigenvalue weighted by atomic mass is 19.1. The topological polar surface area (TPSA) is 58.5 Å². The Bertz CT molecular complexity index is 346. The van der Waals surface area contributed by atoms with Gasteiger partial charge in [0.05, 0.1) is 18.5 Å². The number of β-amino-alcohol motifs (C(OH)–C–C–N with tert-alkyl or cyclic N) is 1. The monoisotopic (exact) mass is 227 g/mol. The molecular formula is C10H14FN3O2. The molecule has 2 atom stereocenters. The van der Waals surface area contributed by atoms with Crippen molar-refractivity contribution in [2.24, 2.45) is 0 Å². The molecule has 5 nitrogen and oxygen atoms in total. The van der Waals surface area contributed by atoms with Crippen molar-refractivity contribution in [3.05, 3.63) is 18.2 Å². The summed E-state index contributed by atoms with van der Waals surface area (Å²) in [5.41, 5.74) is 0. The fourth-order valence-electron chi connectivity index (χ4n) is 1.77. The molecule has 1 fully saturated rings. The average molecular weight is 227 g/mol. The van der Waals surface area contributed by atoms with E-state index in [9.17, 15) is 9.50 Å². The van der Waals surface area contributed by atoms with Crippen molar-refractivity contribution in [1.29, 1.82) is 0 Å². The molecule has 2 rings (SSSR count). The number of halogens is 1. The van der Waals surface area contributed by atoms with E-state index in [1.54, 1.807) is 4.90 Å². The maximum absolute atomic E-state index is 12.6. The van der Waals surface area contributed by atoms with E-state index in [0.29, 0.717) is 25.6 Å². The molecule has 1 aromatic heterocycles. The van der Waals surface area contributed by atoms with Gasteiger partial charge in [-0.3, -0.25) is 0 Å². The first-order valence-corrected chi connectivity index (χ1v) is 5.23. The fraction of sp³-hybridized carbons (Fsp3) is 0.600. The molecule has 1 aliphatic rings. The number of hydrogen-bond donors (Lipinski definition) is 1. The molecule has 1 N–H and O–H groups in total. The standard InChI is InChI=1S/C10H14FN3O2/c1-2-16-9-6-14(5-8(9)15)10-12-3-7(11)4-13-10/h3-4,8-9,15H,2,5-6H2,1H3/t8-,9-/m1/s1. The lowest BCUT2D eigenvalue weighted by Gasteiger charge is -2.15. The van der Waals surface area contributed by atoms with Crippen LogP contribution in [0.1, 0.15) is 6.92 Å². The van der Waals surface area contributed by atoms with Crippen molar-refractivity contribution in [3.8, 4) is 0 Å². The van der Waals surface area contributed by atoms with E-state index in [1.807, 2.05) is 6.92 Å². The molecule has 16 heavy (non-hydrogen) atoms. The molecule has 0 aliphatic carbocycles. The summed E-state index contributed by atoms with van der Waals surface area (Å²) in [6.45, 7) is 3.38. The number of aliphatic hydroxyl groups is 1. The van der Waals surface area contributed by atoms with Gasteiger partial charge in [-0.05, 0) is 6.92 Å². The highest BCUT2D eigenvalue weighted by Crippen LogP contribution is 2.18. The Morgan fingerprint density at radius 2 is 2.19 bits per heavy atom. The van der Waals surface area contributed by atoms with Crippen molar-refractivity contribution < 1.29 is 14.2 Å². The van der Waals surface area contributed by atoms with Gasteiger partial charge in [0.1, 0.15) is 6.10 Å². The molecule has 0 aromatic carbocycles. The molecule has 0 radical (unpaired) electrons. The van der Waals surface area contributed by atoms with Gasteiger partial charge in [-0.2, -0.15) is 0 Å². The molecule has 2 heterocycles. The lowest BCUT2D eigenvalue weighted by atomic mass is 10.3. The number of aromatic nitrogens is 2. The number of nitrogens with zero attached hydrogens (tertiary/aromatic N) is 3. The van der Waals surface area contributed by atoms with Crippen LogP contribution in [0.5, 0.6) is 0 Å². The number of anilines is 1. The van der Waals surface area contributed by atoms with Gasteiger partial charge in [0, 0.05) is 19.7 Å². The van der Waals surface area contributed by atoms with Crippen LogP contribution in [0.3, 0.4) is 0 Å². The zero-order valence-electron chi connectivity index (χ0n) is 9.01. The molecule has 0 unspecified atom stereocenters. The summed E-state index contributed by atoms with van der Waals surface area (Å²) in [4.78, 5) is 9.51. The predicted molar refractivity (Wildman–Crippen MR) is 55.6 cm³/mol. The molecule has 0 spiro atoms. The number of aliphatic hydroxyl groups excluding tert-OH is 1. The molecule has 1 aromatic rings. The van der Waals surface area contributed by atoms with E-state index in [2.05, 4.69) is 9.97 Å². The maximum Gasteiger partial charge on any atom is 0.225 e. The molecular weight excluding hydrogens is 213 g/mol. The van der Waals surface area contributed by atoms with Crippen molar-refractivity contribution in [3.63, 3.8) is 0 Å². The fourth-order valence-corrected chi connectivity index (χ4v) is 1.77. The van der Waals surface area contributed by atoms with Gasteiger partial charge >= 0.3 is 0 Å². The third-order valence-corrected chi connectivity index (χ3v) is 2.51. The summed E-state index contributed by atoms with van der Waals surface area (Å²) in [5.74, 6) is -0.0486. The smallest absolute Gasteiger partial charge is 0.225 e. The van der Waals surface area contributed by atoms with Gasteiger partial charge in [0.2, 0.25) is 5.95 Å². The first-order valence-electron chi connectivity index (χ1n) is 5.23. The van der Waals surface area contributed by atoms with Gasteiger partial charge in [-0.25, -0.2) is 14.4 Å². The van der Waals surface area contributed by atoms with Gasteiger partial charge in [-0.1, -0.05) is 0 Å². The zero-order chi connectivity index (χ0) is 11.5. The van der Waals surface area contributed by atoms with E-state index in [4.69, 9.17) is 4.74 Å². The zero-order valence-corrected chi connectivity index (χ0v) is 9.01. The van der Waals surface area contributed by atoms with Crippen LogP contribution in [0.2, 0.25) is 0 Å². The molecule has 0 amide bonds. The number of ether oxygens (including phenoxy) is 1. The Morgan fingerprint density at radius 3 is 2.81 bits per heavy atom. The van der Waals surface area contributed by atoms with Crippen LogP contribution >= 0.6 is 0 Å². The molecule has 1 aliphatic heterocycles. The number of hydrogen-bond acceptors (Lipinski definition) is 5. The molecule has 6 heteroatoms. The van der Waals surface area contributed by atoms with Gasteiger partial charge < -0.3 is 14.7 Å². The third kappa shape index (κ3) is 2.28.